The first kappa shape index (κ1) is 12.4. The average Bonchev–Trinajstić information content (AvgIpc) is 2.70. The van der Waals surface area contributed by atoms with Crippen molar-refractivity contribution in [1.82, 2.24) is 0 Å². The van der Waals surface area contributed by atoms with Gasteiger partial charge in [-0.15, -0.1) is 0 Å². The maximum Gasteiger partial charge on any atom is 0.173 e. The third-order valence-corrected chi connectivity index (χ3v) is 3.47. The van der Waals surface area contributed by atoms with Gasteiger partial charge in [-0.3, -0.25) is 9.59 Å². The summed E-state index contributed by atoms with van der Waals surface area (Å²) < 4.78 is 26.1. The summed E-state index contributed by atoms with van der Waals surface area (Å²) in [6.07, 6.45) is 1.57. The van der Waals surface area contributed by atoms with Gasteiger partial charge >= 0.3 is 0 Å². The Morgan fingerprint density at radius 3 is 2.59 bits per heavy atom. The van der Waals surface area contributed by atoms with Crippen molar-refractivity contribution in [2.75, 3.05) is 0 Å². The van der Waals surface area contributed by atoms with E-state index in [1.807, 2.05) is 0 Å². The van der Waals surface area contributed by atoms with Crippen LogP contribution in [-0.4, -0.2) is 11.6 Å². The lowest BCUT2D eigenvalue weighted by molar-refractivity contribution is -0.119. The fourth-order valence-corrected chi connectivity index (χ4v) is 2.43. The molecule has 17 heavy (non-hydrogen) atoms. The van der Waals surface area contributed by atoms with Gasteiger partial charge in [-0.25, -0.2) is 8.78 Å². The Bertz CT molecular complexity index is 476. The molecule has 0 heterocycles. The predicted octanol–water partition coefficient (Wildman–Crippen LogP) is 3.28. The minimum atomic E-state index is -1.09. The van der Waals surface area contributed by atoms with Gasteiger partial charge in [0.25, 0.3) is 0 Å². The summed E-state index contributed by atoms with van der Waals surface area (Å²) >= 11 is 2.84. The summed E-state index contributed by atoms with van der Waals surface area (Å²) in [4.78, 5) is 23.4. The molecule has 1 unspecified atom stereocenters. The topological polar surface area (TPSA) is 34.1 Å². The lowest BCUT2D eigenvalue weighted by atomic mass is 9.95. The highest BCUT2D eigenvalue weighted by atomic mass is 79.9. The molecule has 0 N–H and O–H groups in total. The predicted molar refractivity (Wildman–Crippen MR) is 60.7 cm³/mol. The molecule has 1 aliphatic rings. The molecule has 1 aromatic rings. The zero-order valence-corrected chi connectivity index (χ0v) is 10.4. The van der Waals surface area contributed by atoms with Crippen LogP contribution in [0.4, 0.5) is 8.78 Å². The molecule has 2 rings (SSSR count). The molecule has 1 saturated carbocycles. The molecule has 1 aromatic carbocycles. The van der Waals surface area contributed by atoms with E-state index in [-0.39, 0.29) is 15.8 Å². The van der Waals surface area contributed by atoms with Crippen LogP contribution in [0.2, 0.25) is 0 Å². The zero-order valence-electron chi connectivity index (χ0n) is 8.80. The number of halogens is 3. The van der Waals surface area contributed by atoms with Crippen molar-refractivity contribution in [3.8, 4) is 0 Å². The summed E-state index contributed by atoms with van der Waals surface area (Å²) in [5.41, 5.74) is 0.0380. The van der Waals surface area contributed by atoms with Crippen LogP contribution in [0.25, 0.3) is 0 Å². The molecular weight excluding hydrogens is 294 g/mol. The van der Waals surface area contributed by atoms with Gasteiger partial charge in [-0.1, -0.05) is 0 Å². The standard InChI is InChI=1S/C12H9BrF2O2/c13-8-4-6(5-9(14)11(8)15)12(17)7-2-1-3-10(7)16/h4-5,7H,1-3H2. The van der Waals surface area contributed by atoms with Crippen LogP contribution in [0.15, 0.2) is 16.6 Å². The SMILES string of the molecule is O=C1CCCC1C(=O)c1cc(F)c(F)c(Br)c1. The first-order valence-electron chi connectivity index (χ1n) is 5.22. The third-order valence-electron chi connectivity index (χ3n) is 2.89. The van der Waals surface area contributed by atoms with Crippen molar-refractivity contribution in [2.45, 2.75) is 19.3 Å². The molecule has 0 aromatic heterocycles. The second-order valence-electron chi connectivity index (χ2n) is 4.03. The van der Waals surface area contributed by atoms with Crippen molar-refractivity contribution < 1.29 is 18.4 Å². The van der Waals surface area contributed by atoms with Gasteiger partial charge in [0.2, 0.25) is 0 Å². The number of hydrogen-bond acceptors (Lipinski definition) is 2. The van der Waals surface area contributed by atoms with E-state index in [1.165, 1.54) is 6.07 Å². The molecule has 0 bridgehead atoms. The van der Waals surface area contributed by atoms with Crippen LogP contribution in [0, 0.1) is 17.6 Å². The lowest BCUT2D eigenvalue weighted by Crippen LogP contribution is -2.19. The molecule has 1 fully saturated rings. The van der Waals surface area contributed by atoms with E-state index in [0.717, 1.165) is 6.07 Å². The lowest BCUT2D eigenvalue weighted by Gasteiger charge is -2.08. The average molecular weight is 303 g/mol. The molecule has 0 spiro atoms. The number of Topliss-reactive ketones (excluding diaryl/α,β-unsaturated/α-hetero) is 2. The van der Waals surface area contributed by atoms with Crippen molar-refractivity contribution in [3.63, 3.8) is 0 Å². The summed E-state index contributed by atoms with van der Waals surface area (Å²) in [5.74, 6) is -3.35. The summed E-state index contributed by atoms with van der Waals surface area (Å²) in [6.45, 7) is 0. The molecule has 0 saturated heterocycles. The quantitative estimate of drug-likeness (QED) is 0.477. The molecule has 1 aliphatic carbocycles. The zero-order chi connectivity index (χ0) is 12.6. The normalized spacial score (nSPS) is 19.7. The van der Waals surface area contributed by atoms with E-state index in [0.29, 0.717) is 19.3 Å². The molecule has 5 heteroatoms. The first-order chi connectivity index (χ1) is 8.00. The maximum atomic E-state index is 13.1. The number of carbonyl (C=O) groups excluding carboxylic acids is 2. The fourth-order valence-electron chi connectivity index (χ4n) is 1.99. The maximum absolute atomic E-state index is 13.1. The Labute approximate surface area is 105 Å². The molecule has 0 radical (unpaired) electrons. The second kappa shape index (κ2) is 4.64. The van der Waals surface area contributed by atoms with Crippen LogP contribution >= 0.6 is 15.9 Å². The van der Waals surface area contributed by atoms with Crippen molar-refractivity contribution in [3.05, 3.63) is 33.8 Å². The molecule has 1 atom stereocenters. The van der Waals surface area contributed by atoms with E-state index >= 15 is 0 Å². The number of rotatable bonds is 2. The number of carbonyl (C=O) groups is 2. The van der Waals surface area contributed by atoms with Crippen molar-refractivity contribution in [1.29, 1.82) is 0 Å². The van der Waals surface area contributed by atoms with Crippen LogP contribution in [0.3, 0.4) is 0 Å². The third kappa shape index (κ3) is 2.29. The van der Waals surface area contributed by atoms with Gasteiger partial charge in [0.1, 0.15) is 5.78 Å². The fraction of sp³-hybridized carbons (Fsp3) is 0.333. The van der Waals surface area contributed by atoms with Gasteiger partial charge in [-0.05, 0) is 40.9 Å². The summed E-state index contributed by atoms with van der Waals surface area (Å²) in [5, 5.41) is 0. The Morgan fingerprint density at radius 2 is 2.06 bits per heavy atom. The molecule has 0 aliphatic heterocycles. The number of benzene rings is 1. The van der Waals surface area contributed by atoms with Gasteiger partial charge in [0.15, 0.2) is 17.4 Å². The molecule has 90 valence electrons. The Balaban J connectivity index is 2.34. The second-order valence-corrected chi connectivity index (χ2v) is 4.88. The van der Waals surface area contributed by atoms with Gasteiger partial charge in [0, 0.05) is 12.0 Å². The first-order valence-corrected chi connectivity index (χ1v) is 6.01. The van der Waals surface area contributed by atoms with Gasteiger partial charge in [0.05, 0.1) is 10.4 Å². The summed E-state index contributed by atoms with van der Waals surface area (Å²) in [6, 6.07) is 2.06. The van der Waals surface area contributed by atoms with E-state index in [4.69, 9.17) is 0 Å². The van der Waals surface area contributed by atoms with E-state index in [9.17, 15) is 18.4 Å². The molecule has 2 nitrogen and oxygen atoms in total. The van der Waals surface area contributed by atoms with Crippen LogP contribution in [0.5, 0.6) is 0 Å². The van der Waals surface area contributed by atoms with Crippen molar-refractivity contribution in [2.24, 2.45) is 5.92 Å². The monoisotopic (exact) mass is 302 g/mol. The van der Waals surface area contributed by atoms with E-state index < -0.39 is 23.3 Å². The highest BCUT2D eigenvalue weighted by Crippen LogP contribution is 2.27. The largest absolute Gasteiger partial charge is 0.299 e. The van der Waals surface area contributed by atoms with Gasteiger partial charge in [-0.2, -0.15) is 0 Å². The number of ketones is 2. The minimum absolute atomic E-state index is 0.0380. The van der Waals surface area contributed by atoms with Crippen LogP contribution in [0.1, 0.15) is 29.6 Å². The highest BCUT2D eigenvalue weighted by molar-refractivity contribution is 9.10. The van der Waals surface area contributed by atoms with Crippen molar-refractivity contribution >= 4 is 27.5 Å². The molecular formula is C12H9BrF2O2. The van der Waals surface area contributed by atoms with Crippen LogP contribution < -0.4 is 0 Å². The van der Waals surface area contributed by atoms with E-state index in [1.54, 1.807) is 0 Å². The van der Waals surface area contributed by atoms with Gasteiger partial charge < -0.3 is 0 Å². The summed E-state index contributed by atoms with van der Waals surface area (Å²) in [7, 11) is 0. The number of hydrogen-bond donors (Lipinski definition) is 0. The Hall–Kier alpha value is -1.10. The smallest absolute Gasteiger partial charge is 0.173 e. The Morgan fingerprint density at radius 1 is 1.35 bits per heavy atom. The molecule has 0 amide bonds. The highest BCUT2D eigenvalue weighted by Gasteiger charge is 2.32. The Kier molecular flexibility index (Phi) is 3.38. The van der Waals surface area contributed by atoms with Crippen LogP contribution in [-0.2, 0) is 4.79 Å². The minimum Gasteiger partial charge on any atom is -0.299 e. The van der Waals surface area contributed by atoms with E-state index in [2.05, 4.69) is 15.9 Å².